The van der Waals surface area contributed by atoms with Gasteiger partial charge in [0.2, 0.25) is 17.7 Å². The van der Waals surface area contributed by atoms with Crippen molar-refractivity contribution in [3.63, 3.8) is 0 Å². The summed E-state index contributed by atoms with van der Waals surface area (Å²) in [7, 11) is 1.26. The number of benzene rings is 1. The van der Waals surface area contributed by atoms with E-state index in [0.717, 1.165) is 35.2 Å². The summed E-state index contributed by atoms with van der Waals surface area (Å²) in [4.78, 5) is 41.6. The smallest absolute Gasteiger partial charge is 0.344 e. The Balaban J connectivity index is 2.26. The van der Waals surface area contributed by atoms with Gasteiger partial charge in [-0.2, -0.15) is 26.3 Å². The quantitative estimate of drug-likeness (QED) is 0.323. The summed E-state index contributed by atoms with van der Waals surface area (Å²) in [5, 5.41) is 2.54. The van der Waals surface area contributed by atoms with Crippen molar-refractivity contribution in [3.8, 4) is 0 Å². The molecule has 0 spiro atoms. The van der Waals surface area contributed by atoms with Crippen LogP contribution in [0, 0.1) is 11.8 Å². The molecule has 0 saturated carbocycles. The number of nitrogens with zero attached hydrogens (tertiary/aromatic N) is 2. The van der Waals surface area contributed by atoms with Crippen molar-refractivity contribution in [1.82, 2.24) is 15.1 Å². The number of carbonyl (C=O) groups is 3. The molecule has 8 nitrogen and oxygen atoms in total. The Morgan fingerprint density at radius 2 is 1.61 bits per heavy atom. The zero-order valence-corrected chi connectivity index (χ0v) is 22.8. The van der Waals surface area contributed by atoms with E-state index >= 15 is 0 Å². The second-order valence-corrected chi connectivity index (χ2v) is 9.82. The molecule has 3 unspecified atom stereocenters. The predicted octanol–water partition coefficient (Wildman–Crippen LogP) is 2.99. The van der Waals surface area contributed by atoms with Gasteiger partial charge in [-0.25, -0.2) is 0 Å². The number of amides is 3. The molecule has 0 fully saturated rings. The van der Waals surface area contributed by atoms with Crippen LogP contribution in [-0.2, 0) is 27.0 Å². The van der Waals surface area contributed by atoms with E-state index in [2.05, 4.69) is 5.32 Å². The van der Waals surface area contributed by atoms with Gasteiger partial charge in [0.25, 0.3) is 0 Å². The third kappa shape index (κ3) is 9.88. The van der Waals surface area contributed by atoms with Gasteiger partial charge in [-0.15, -0.1) is 0 Å². The Hall–Kier alpha value is -3.39. The maximum atomic E-state index is 13.5. The number of likely N-dealkylation sites (N-methyl/N-ethyl adjacent to an activating group) is 1. The number of hydrogen-bond acceptors (Lipinski definition) is 5. The average Bonchev–Trinajstić information content (AvgIpc) is 2.91. The monoisotopic (exact) mass is 591 g/mol. The highest BCUT2D eigenvalue weighted by Crippen LogP contribution is 2.35. The molecular formula is C27H35F6N5O3. The summed E-state index contributed by atoms with van der Waals surface area (Å²) in [6.45, 7) is 2.28. The fourth-order valence-corrected chi connectivity index (χ4v) is 4.25. The fourth-order valence-electron chi connectivity index (χ4n) is 4.25. The number of nitrogens with two attached hydrogens (primary N) is 2. The molecule has 14 heteroatoms. The van der Waals surface area contributed by atoms with E-state index in [0.29, 0.717) is 0 Å². The molecule has 0 saturated heterocycles. The van der Waals surface area contributed by atoms with Gasteiger partial charge in [0, 0.05) is 64.1 Å². The predicted molar refractivity (Wildman–Crippen MR) is 140 cm³/mol. The van der Waals surface area contributed by atoms with Gasteiger partial charge in [0.1, 0.15) is 6.04 Å². The van der Waals surface area contributed by atoms with Crippen molar-refractivity contribution in [3.05, 3.63) is 59.3 Å². The second kappa shape index (κ2) is 14.5. The van der Waals surface area contributed by atoms with Crippen LogP contribution >= 0.6 is 0 Å². The molecule has 1 aliphatic rings. The van der Waals surface area contributed by atoms with Crippen LogP contribution in [-0.4, -0.2) is 73.0 Å². The van der Waals surface area contributed by atoms with Crippen LogP contribution in [0.4, 0.5) is 26.3 Å². The number of hydrogen-bond donors (Lipinski definition) is 3. The Morgan fingerprint density at radius 3 is 2.12 bits per heavy atom. The molecule has 1 aromatic rings. The van der Waals surface area contributed by atoms with E-state index in [4.69, 9.17) is 11.5 Å². The number of carbonyl (C=O) groups excluding carboxylic acids is 3. The number of halogens is 6. The lowest BCUT2D eigenvalue weighted by molar-refractivity contribution is -0.162. The van der Waals surface area contributed by atoms with Crippen molar-refractivity contribution in [2.45, 2.75) is 44.6 Å². The van der Waals surface area contributed by atoms with Gasteiger partial charge < -0.3 is 26.6 Å². The first-order chi connectivity index (χ1) is 19.1. The van der Waals surface area contributed by atoms with Crippen LogP contribution in [0.3, 0.4) is 0 Å². The zero-order chi connectivity index (χ0) is 31.0. The van der Waals surface area contributed by atoms with Crippen molar-refractivity contribution < 1.29 is 40.7 Å². The van der Waals surface area contributed by atoms with Crippen LogP contribution < -0.4 is 16.8 Å². The SMILES string of the molecule is CC(CC(=O)N(CCN)CCN)C(=O)NC(Cc1ccc(C(F)(F)F)cc1)C(=O)N(C)C1=CC=CC(C(F)(F)F)C1. The van der Waals surface area contributed by atoms with Gasteiger partial charge in [-0.05, 0) is 23.8 Å². The minimum absolute atomic E-state index is 0.0499. The summed E-state index contributed by atoms with van der Waals surface area (Å²) >= 11 is 0. The van der Waals surface area contributed by atoms with E-state index in [1.165, 1.54) is 31.0 Å². The van der Waals surface area contributed by atoms with Crippen molar-refractivity contribution in [2.24, 2.45) is 23.3 Å². The van der Waals surface area contributed by atoms with Gasteiger partial charge in [0.15, 0.2) is 0 Å². The molecule has 3 amide bonds. The minimum Gasteiger partial charge on any atom is -0.344 e. The molecular weight excluding hydrogens is 556 g/mol. The first-order valence-electron chi connectivity index (χ1n) is 12.9. The Kier molecular flexibility index (Phi) is 11.9. The number of rotatable bonds is 12. The largest absolute Gasteiger partial charge is 0.416 e. The molecule has 1 aliphatic carbocycles. The maximum Gasteiger partial charge on any atom is 0.416 e. The van der Waals surface area contributed by atoms with Crippen LogP contribution in [0.2, 0.25) is 0 Å². The lowest BCUT2D eigenvalue weighted by atomic mass is 9.96. The summed E-state index contributed by atoms with van der Waals surface area (Å²) in [6, 6.07) is 2.62. The van der Waals surface area contributed by atoms with E-state index in [1.807, 2.05) is 0 Å². The first kappa shape index (κ1) is 33.8. The lowest BCUT2D eigenvalue weighted by Crippen LogP contribution is -2.50. The van der Waals surface area contributed by atoms with Crippen molar-refractivity contribution in [2.75, 3.05) is 33.2 Å². The Morgan fingerprint density at radius 1 is 1.02 bits per heavy atom. The number of alkyl halides is 6. The molecule has 2 rings (SSSR count). The summed E-state index contributed by atoms with van der Waals surface area (Å²) < 4.78 is 78.9. The zero-order valence-electron chi connectivity index (χ0n) is 22.8. The molecule has 1 aromatic carbocycles. The van der Waals surface area contributed by atoms with E-state index in [9.17, 15) is 40.7 Å². The van der Waals surface area contributed by atoms with Crippen LogP contribution in [0.25, 0.3) is 0 Å². The normalized spacial score (nSPS) is 16.9. The van der Waals surface area contributed by atoms with Crippen molar-refractivity contribution >= 4 is 17.7 Å². The van der Waals surface area contributed by atoms with Crippen LogP contribution in [0.15, 0.2) is 48.2 Å². The fraction of sp³-hybridized carbons (Fsp3) is 0.519. The average molecular weight is 592 g/mol. The van der Waals surface area contributed by atoms with Gasteiger partial charge >= 0.3 is 12.4 Å². The van der Waals surface area contributed by atoms with Crippen molar-refractivity contribution in [1.29, 1.82) is 0 Å². The molecule has 5 N–H and O–H groups in total. The first-order valence-corrected chi connectivity index (χ1v) is 12.9. The third-order valence-electron chi connectivity index (χ3n) is 6.66. The molecule has 3 atom stereocenters. The topological polar surface area (TPSA) is 122 Å². The van der Waals surface area contributed by atoms with Crippen LogP contribution in [0.1, 0.15) is 30.9 Å². The maximum absolute atomic E-state index is 13.5. The van der Waals surface area contributed by atoms with Crippen LogP contribution in [0.5, 0.6) is 0 Å². The molecule has 0 heterocycles. The minimum atomic E-state index is -4.58. The highest BCUT2D eigenvalue weighted by molar-refractivity contribution is 5.91. The summed E-state index contributed by atoms with van der Waals surface area (Å²) in [5.41, 5.74) is 10.5. The van der Waals surface area contributed by atoms with Gasteiger partial charge in [0.05, 0.1) is 11.5 Å². The highest BCUT2D eigenvalue weighted by atomic mass is 19.4. The third-order valence-corrected chi connectivity index (χ3v) is 6.66. The number of allylic oxidation sites excluding steroid dienone is 4. The molecule has 0 bridgehead atoms. The van der Waals surface area contributed by atoms with E-state index < -0.39 is 54.0 Å². The second-order valence-electron chi connectivity index (χ2n) is 9.82. The van der Waals surface area contributed by atoms with Gasteiger partial charge in [-0.1, -0.05) is 31.2 Å². The molecule has 0 radical (unpaired) electrons. The van der Waals surface area contributed by atoms with Gasteiger partial charge in [-0.3, -0.25) is 14.4 Å². The highest BCUT2D eigenvalue weighted by Gasteiger charge is 2.40. The summed E-state index contributed by atoms with van der Waals surface area (Å²) in [6.07, 6.45) is -6.58. The Labute approximate surface area is 234 Å². The lowest BCUT2D eigenvalue weighted by Gasteiger charge is -2.30. The molecule has 0 aromatic heterocycles. The number of nitrogens with one attached hydrogen (secondary N) is 1. The van der Waals surface area contributed by atoms with E-state index in [1.54, 1.807) is 0 Å². The van der Waals surface area contributed by atoms with E-state index in [-0.39, 0.29) is 56.2 Å². The standard InChI is InChI=1S/C27H35F6N5O3/c1-17(14-23(39)38(12-10-34)13-11-35)24(40)36-22(15-18-6-8-19(9-7-18)26(28,29)30)25(41)37(2)21-5-3-4-20(16-21)27(31,32)33/h3-9,17,20,22H,10-16,34-35H2,1-2H3,(H,36,40). The molecule has 0 aliphatic heterocycles. The summed E-state index contributed by atoms with van der Waals surface area (Å²) in [5.74, 6) is -4.57. The molecule has 41 heavy (non-hydrogen) atoms. The Bertz CT molecular complexity index is 1110. The molecule has 228 valence electrons.